The van der Waals surface area contributed by atoms with E-state index in [0.29, 0.717) is 11.5 Å². The summed E-state index contributed by atoms with van der Waals surface area (Å²) in [4.78, 5) is 4.23. The zero-order valence-corrected chi connectivity index (χ0v) is 8.84. The van der Waals surface area contributed by atoms with Crippen LogP contribution in [0.4, 0.5) is 10.2 Å². The van der Waals surface area contributed by atoms with E-state index in [2.05, 4.69) is 10.1 Å². The molecule has 0 aliphatic heterocycles. The van der Waals surface area contributed by atoms with Gasteiger partial charge in [0.2, 0.25) is 0 Å². The van der Waals surface area contributed by atoms with E-state index in [1.165, 1.54) is 12.1 Å². The maximum atomic E-state index is 12.8. The number of nitrogen functional groups attached to an aromatic ring is 1. The molecule has 0 saturated carbocycles. The van der Waals surface area contributed by atoms with Crippen LogP contribution in [0.2, 0.25) is 0 Å². The summed E-state index contributed by atoms with van der Waals surface area (Å²) in [6, 6.07) is 7.92. The first-order chi connectivity index (χ1) is 8.22. The summed E-state index contributed by atoms with van der Waals surface area (Å²) in [5.41, 5.74) is 8.01. The van der Waals surface area contributed by atoms with Crippen LogP contribution in [-0.2, 0) is 0 Å². The zero-order valence-electron chi connectivity index (χ0n) is 8.84. The van der Waals surface area contributed by atoms with Crippen LogP contribution in [0, 0.1) is 5.82 Å². The van der Waals surface area contributed by atoms with Gasteiger partial charge in [-0.15, -0.1) is 5.10 Å². The van der Waals surface area contributed by atoms with E-state index in [9.17, 15) is 4.39 Å². The molecule has 84 valence electrons. The molecule has 17 heavy (non-hydrogen) atoms. The highest BCUT2D eigenvalue weighted by Gasteiger charge is 2.03. The van der Waals surface area contributed by atoms with Gasteiger partial charge in [0.1, 0.15) is 11.6 Å². The zero-order chi connectivity index (χ0) is 11.8. The van der Waals surface area contributed by atoms with Crippen LogP contribution in [0.15, 0.2) is 42.7 Å². The summed E-state index contributed by atoms with van der Waals surface area (Å²) < 4.78 is 14.4. The van der Waals surface area contributed by atoms with Crippen LogP contribution in [0.5, 0.6) is 0 Å². The van der Waals surface area contributed by atoms with E-state index in [0.717, 1.165) is 11.1 Å². The lowest BCUT2D eigenvalue weighted by atomic mass is 10.1. The van der Waals surface area contributed by atoms with Gasteiger partial charge in [0.05, 0.1) is 0 Å². The second kappa shape index (κ2) is 3.55. The molecule has 5 heteroatoms. The van der Waals surface area contributed by atoms with E-state index in [4.69, 9.17) is 5.73 Å². The van der Waals surface area contributed by atoms with E-state index >= 15 is 0 Å². The van der Waals surface area contributed by atoms with Gasteiger partial charge < -0.3 is 5.73 Å². The lowest BCUT2D eigenvalue weighted by Gasteiger charge is -2.01. The smallest absolute Gasteiger partial charge is 0.157 e. The third kappa shape index (κ3) is 1.71. The van der Waals surface area contributed by atoms with Crippen LogP contribution in [0.3, 0.4) is 0 Å². The van der Waals surface area contributed by atoms with Crippen molar-refractivity contribution in [1.29, 1.82) is 0 Å². The number of rotatable bonds is 1. The van der Waals surface area contributed by atoms with Crippen molar-refractivity contribution in [3.8, 4) is 11.1 Å². The molecule has 0 bridgehead atoms. The minimum atomic E-state index is -0.258. The third-order valence-electron chi connectivity index (χ3n) is 2.51. The molecule has 2 aromatic heterocycles. The van der Waals surface area contributed by atoms with Gasteiger partial charge >= 0.3 is 0 Å². The number of anilines is 1. The van der Waals surface area contributed by atoms with Crippen molar-refractivity contribution in [1.82, 2.24) is 14.6 Å². The van der Waals surface area contributed by atoms with Crippen molar-refractivity contribution < 1.29 is 4.39 Å². The molecule has 3 aromatic rings. The van der Waals surface area contributed by atoms with Crippen molar-refractivity contribution in [3.63, 3.8) is 0 Å². The molecule has 0 amide bonds. The minimum Gasteiger partial charge on any atom is -0.382 e. The Morgan fingerprint density at radius 3 is 2.65 bits per heavy atom. The van der Waals surface area contributed by atoms with Crippen molar-refractivity contribution in [2.75, 3.05) is 5.73 Å². The van der Waals surface area contributed by atoms with Crippen LogP contribution < -0.4 is 5.73 Å². The number of benzene rings is 1. The van der Waals surface area contributed by atoms with Gasteiger partial charge in [0.15, 0.2) is 5.65 Å². The lowest BCUT2D eigenvalue weighted by molar-refractivity contribution is 0.628. The Balaban J connectivity index is 2.13. The van der Waals surface area contributed by atoms with Crippen molar-refractivity contribution in [2.45, 2.75) is 0 Å². The molecule has 3 rings (SSSR count). The second-order valence-corrected chi connectivity index (χ2v) is 3.72. The largest absolute Gasteiger partial charge is 0.382 e. The standard InChI is InChI=1S/C12H9FN4/c13-10-3-1-8(2-4-10)9-6-15-12-5-11(14)16-17(12)7-9/h1-7H,(H2,14,16). The normalized spacial score (nSPS) is 10.9. The van der Waals surface area contributed by atoms with Crippen LogP contribution in [-0.4, -0.2) is 14.6 Å². The molecule has 0 spiro atoms. The van der Waals surface area contributed by atoms with Crippen molar-refractivity contribution in [2.24, 2.45) is 0 Å². The fourth-order valence-electron chi connectivity index (χ4n) is 1.69. The highest BCUT2D eigenvalue weighted by Crippen LogP contribution is 2.19. The number of hydrogen-bond acceptors (Lipinski definition) is 3. The first kappa shape index (κ1) is 9.77. The van der Waals surface area contributed by atoms with E-state index in [1.54, 1.807) is 28.9 Å². The first-order valence-electron chi connectivity index (χ1n) is 5.09. The van der Waals surface area contributed by atoms with Crippen LogP contribution in [0.25, 0.3) is 16.8 Å². The molecule has 1 aromatic carbocycles. The van der Waals surface area contributed by atoms with E-state index < -0.39 is 0 Å². The highest BCUT2D eigenvalue weighted by molar-refractivity contribution is 5.63. The molecule has 2 N–H and O–H groups in total. The molecule has 0 unspecified atom stereocenters. The average molecular weight is 228 g/mol. The number of nitrogens with zero attached hydrogens (tertiary/aromatic N) is 3. The topological polar surface area (TPSA) is 56.2 Å². The number of aromatic nitrogens is 3. The number of fused-ring (bicyclic) bond motifs is 1. The molecule has 2 heterocycles. The molecule has 0 fully saturated rings. The van der Waals surface area contributed by atoms with Crippen molar-refractivity contribution >= 4 is 11.5 Å². The molecule has 0 radical (unpaired) electrons. The SMILES string of the molecule is Nc1cc2ncc(-c3ccc(F)cc3)cn2n1. The third-order valence-corrected chi connectivity index (χ3v) is 2.51. The van der Waals surface area contributed by atoms with Gasteiger partial charge in [-0.25, -0.2) is 13.9 Å². The Morgan fingerprint density at radius 1 is 1.12 bits per heavy atom. The second-order valence-electron chi connectivity index (χ2n) is 3.72. The molecule has 0 saturated heterocycles. The van der Waals surface area contributed by atoms with Gasteiger partial charge in [-0.2, -0.15) is 0 Å². The molecular weight excluding hydrogens is 219 g/mol. The Bertz CT molecular complexity index is 673. The quantitative estimate of drug-likeness (QED) is 0.694. The number of nitrogens with two attached hydrogens (primary N) is 1. The van der Waals surface area contributed by atoms with Crippen molar-refractivity contribution in [3.05, 3.63) is 48.5 Å². The maximum absolute atomic E-state index is 12.8. The van der Waals surface area contributed by atoms with Crippen LogP contribution >= 0.6 is 0 Å². The minimum absolute atomic E-state index is 0.258. The van der Waals surface area contributed by atoms with Gasteiger partial charge in [0.25, 0.3) is 0 Å². The fourth-order valence-corrected chi connectivity index (χ4v) is 1.69. The average Bonchev–Trinajstić information content (AvgIpc) is 2.69. The van der Waals surface area contributed by atoms with Gasteiger partial charge in [-0.3, -0.25) is 0 Å². The molecule has 0 atom stereocenters. The van der Waals surface area contributed by atoms with Gasteiger partial charge in [0, 0.05) is 24.0 Å². The lowest BCUT2D eigenvalue weighted by Crippen LogP contribution is -1.92. The maximum Gasteiger partial charge on any atom is 0.157 e. The fraction of sp³-hybridized carbons (Fsp3) is 0. The number of hydrogen-bond donors (Lipinski definition) is 1. The molecule has 0 aliphatic rings. The molecule has 4 nitrogen and oxygen atoms in total. The Labute approximate surface area is 96.5 Å². The summed E-state index contributed by atoms with van der Waals surface area (Å²) in [5, 5.41) is 4.07. The Morgan fingerprint density at radius 2 is 1.88 bits per heavy atom. The van der Waals surface area contributed by atoms with E-state index in [-0.39, 0.29) is 5.82 Å². The predicted octanol–water partition coefficient (Wildman–Crippen LogP) is 2.12. The molecular formula is C12H9FN4. The molecule has 0 aliphatic carbocycles. The van der Waals surface area contributed by atoms with Gasteiger partial charge in [-0.1, -0.05) is 12.1 Å². The Hall–Kier alpha value is -2.43. The van der Waals surface area contributed by atoms with E-state index in [1.807, 2.05) is 6.20 Å². The van der Waals surface area contributed by atoms with Gasteiger partial charge in [-0.05, 0) is 17.7 Å². The summed E-state index contributed by atoms with van der Waals surface area (Å²) in [7, 11) is 0. The number of halogens is 1. The Kier molecular flexibility index (Phi) is 2.04. The summed E-state index contributed by atoms with van der Waals surface area (Å²) in [5.74, 6) is 0.167. The summed E-state index contributed by atoms with van der Waals surface area (Å²) in [6.45, 7) is 0. The first-order valence-corrected chi connectivity index (χ1v) is 5.09. The summed E-state index contributed by atoms with van der Waals surface area (Å²) >= 11 is 0. The van der Waals surface area contributed by atoms with Crippen LogP contribution in [0.1, 0.15) is 0 Å². The predicted molar refractivity (Wildman–Crippen MR) is 62.8 cm³/mol. The monoisotopic (exact) mass is 228 g/mol. The highest BCUT2D eigenvalue weighted by atomic mass is 19.1. The summed E-state index contributed by atoms with van der Waals surface area (Å²) in [6.07, 6.45) is 3.52.